The third-order valence-corrected chi connectivity index (χ3v) is 4.36. The summed E-state index contributed by atoms with van der Waals surface area (Å²) in [5.74, 6) is 5.31. The van der Waals surface area contributed by atoms with E-state index >= 15 is 0 Å². The van der Waals surface area contributed by atoms with Gasteiger partial charge < -0.3 is 5.32 Å². The molecule has 1 aliphatic rings. The number of hydrogen-bond donors (Lipinski definition) is 1. The highest BCUT2D eigenvalue weighted by molar-refractivity contribution is 7.99. The second kappa shape index (κ2) is 8.01. The molecule has 0 saturated carbocycles. The first kappa shape index (κ1) is 11.7. The van der Waals surface area contributed by atoms with Crippen molar-refractivity contribution < 1.29 is 0 Å². The Balaban J connectivity index is 1.86. The number of nitrogens with one attached hydrogen (secondary N) is 1. The lowest BCUT2D eigenvalue weighted by Crippen LogP contribution is -2.33. The summed E-state index contributed by atoms with van der Waals surface area (Å²) in [7, 11) is 0. The molecule has 0 aliphatic carbocycles. The van der Waals surface area contributed by atoms with Crippen molar-refractivity contribution in [1.29, 1.82) is 0 Å². The third-order valence-electron chi connectivity index (χ3n) is 2.32. The van der Waals surface area contributed by atoms with Crippen molar-refractivity contribution in [3.8, 4) is 0 Å². The molecule has 0 aromatic rings. The maximum absolute atomic E-state index is 3.65. The van der Waals surface area contributed by atoms with Gasteiger partial charge in [0, 0.05) is 6.04 Å². The van der Waals surface area contributed by atoms with Crippen LogP contribution in [-0.4, -0.2) is 35.6 Å². The van der Waals surface area contributed by atoms with Gasteiger partial charge in [-0.05, 0) is 48.8 Å². The summed E-state index contributed by atoms with van der Waals surface area (Å²) in [6.07, 6.45) is 4.10. The zero-order valence-electron chi connectivity index (χ0n) is 8.55. The minimum atomic E-state index is 0.827. The maximum Gasteiger partial charge on any atom is 0.00827 e. The second-order valence-electron chi connectivity index (χ2n) is 3.39. The lowest BCUT2D eigenvalue weighted by molar-refractivity contribution is 0.484. The van der Waals surface area contributed by atoms with Crippen LogP contribution in [0, 0.1) is 0 Å². The molecule has 1 rings (SSSR count). The maximum atomic E-state index is 3.65. The summed E-state index contributed by atoms with van der Waals surface area (Å²) < 4.78 is 0. The number of hydrogen-bond acceptors (Lipinski definition) is 3. The number of thioether (sulfide) groups is 2. The van der Waals surface area contributed by atoms with Crippen molar-refractivity contribution in [2.24, 2.45) is 0 Å². The Kier molecular flexibility index (Phi) is 7.23. The monoisotopic (exact) mass is 219 g/mol. The summed E-state index contributed by atoms with van der Waals surface area (Å²) in [6, 6.07) is 0.827. The van der Waals surface area contributed by atoms with Crippen molar-refractivity contribution in [3.63, 3.8) is 0 Å². The second-order valence-corrected chi connectivity index (χ2v) is 6.01. The quantitative estimate of drug-likeness (QED) is 0.690. The Bertz CT molecular complexity index is 113. The first-order valence-corrected chi connectivity index (χ1v) is 7.63. The van der Waals surface area contributed by atoms with E-state index in [1.54, 1.807) is 0 Å². The third kappa shape index (κ3) is 5.87. The molecule has 0 radical (unpaired) electrons. The lowest BCUT2D eigenvalue weighted by Gasteiger charge is -2.22. The van der Waals surface area contributed by atoms with Gasteiger partial charge in [0.1, 0.15) is 0 Å². The van der Waals surface area contributed by atoms with Gasteiger partial charge in [0.15, 0.2) is 0 Å². The van der Waals surface area contributed by atoms with E-state index in [0.717, 1.165) is 6.04 Å². The summed E-state index contributed by atoms with van der Waals surface area (Å²) in [5, 5.41) is 3.65. The summed E-state index contributed by atoms with van der Waals surface area (Å²) >= 11 is 4.15. The van der Waals surface area contributed by atoms with Crippen LogP contribution >= 0.6 is 23.5 Å². The average molecular weight is 219 g/mol. The Morgan fingerprint density at radius 1 is 1.38 bits per heavy atom. The Morgan fingerprint density at radius 2 is 2.15 bits per heavy atom. The summed E-state index contributed by atoms with van der Waals surface area (Å²) in [6.45, 7) is 3.46. The zero-order chi connectivity index (χ0) is 9.36. The molecule has 0 bridgehead atoms. The van der Waals surface area contributed by atoms with Crippen molar-refractivity contribution in [1.82, 2.24) is 5.32 Å². The van der Waals surface area contributed by atoms with E-state index in [1.165, 1.54) is 48.8 Å². The van der Waals surface area contributed by atoms with Crippen LogP contribution in [0.4, 0.5) is 0 Å². The van der Waals surface area contributed by atoms with Gasteiger partial charge in [-0.25, -0.2) is 0 Å². The van der Waals surface area contributed by atoms with E-state index in [-0.39, 0.29) is 0 Å². The van der Waals surface area contributed by atoms with Crippen LogP contribution in [0.3, 0.4) is 0 Å². The highest BCUT2D eigenvalue weighted by Gasteiger charge is 2.11. The Labute approximate surface area is 90.8 Å². The predicted molar refractivity (Wildman–Crippen MR) is 66.0 cm³/mol. The van der Waals surface area contributed by atoms with Crippen LogP contribution in [-0.2, 0) is 0 Å². The number of rotatable bonds is 6. The van der Waals surface area contributed by atoms with Gasteiger partial charge in [-0.3, -0.25) is 0 Å². The molecule has 1 aliphatic heterocycles. The average Bonchev–Trinajstić information content (AvgIpc) is 2.19. The molecule has 0 aromatic carbocycles. The normalized spacial score (nSPS) is 19.2. The summed E-state index contributed by atoms with van der Waals surface area (Å²) in [5.41, 5.74) is 0. The van der Waals surface area contributed by atoms with E-state index < -0.39 is 0 Å². The van der Waals surface area contributed by atoms with Gasteiger partial charge in [-0.15, -0.1) is 0 Å². The fraction of sp³-hybridized carbons (Fsp3) is 1.00. The molecule has 1 fully saturated rings. The van der Waals surface area contributed by atoms with E-state index in [1.807, 2.05) is 0 Å². The minimum absolute atomic E-state index is 0.827. The van der Waals surface area contributed by atoms with Gasteiger partial charge >= 0.3 is 0 Å². The lowest BCUT2D eigenvalue weighted by atomic mass is 10.1. The Morgan fingerprint density at radius 3 is 2.85 bits per heavy atom. The summed E-state index contributed by atoms with van der Waals surface area (Å²) in [4.78, 5) is 0. The van der Waals surface area contributed by atoms with Crippen molar-refractivity contribution in [3.05, 3.63) is 0 Å². The van der Waals surface area contributed by atoms with Gasteiger partial charge in [0.2, 0.25) is 0 Å². The first-order valence-electron chi connectivity index (χ1n) is 5.32. The molecule has 0 spiro atoms. The molecule has 1 N–H and O–H groups in total. The van der Waals surface area contributed by atoms with E-state index in [0.29, 0.717) is 0 Å². The largest absolute Gasteiger partial charge is 0.314 e. The van der Waals surface area contributed by atoms with E-state index in [2.05, 4.69) is 35.8 Å². The topological polar surface area (TPSA) is 12.0 Å². The molecule has 0 atom stereocenters. The molecule has 78 valence electrons. The molecule has 13 heavy (non-hydrogen) atoms. The first-order chi connectivity index (χ1) is 6.43. The van der Waals surface area contributed by atoms with E-state index in [4.69, 9.17) is 0 Å². The van der Waals surface area contributed by atoms with Crippen LogP contribution in [0.25, 0.3) is 0 Å². The van der Waals surface area contributed by atoms with Crippen LogP contribution in [0.5, 0.6) is 0 Å². The van der Waals surface area contributed by atoms with Gasteiger partial charge in [0.05, 0.1) is 0 Å². The molecule has 3 heteroatoms. The smallest absolute Gasteiger partial charge is 0.00827 e. The highest BCUT2D eigenvalue weighted by Crippen LogP contribution is 2.16. The standard InChI is InChI=1S/C10H21NS2/c1-2-12-7-3-6-11-10-4-8-13-9-5-10/h10-11H,2-9H2,1H3. The molecule has 0 amide bonds. The van der Waals surface area contributed by atoms with Gasteiger partial charge in [-0.2, -0.15) is 23.5 Å². The predicted octanol–water partition coefficient (Wildman–Crippen LogP) is 2.61. The van der Waals surface area contributed by atoms with Crippen LogP contribution < -0.4 is 5.32 Å². The SMILES string of the molecule is CCSCCCNC1CCSCC1. The fourth-order valence-electron chi connectivity index (χ4n) is 1.53. The molecule has 1 nitrogen and oxygen atoms in total. The molecule has 0 aromatic heterocycles. The molecule has 1 heterocycles. The van der Waals surface area contributed by atoms with Crippen molar-refractivity contribution in [2.75, 3.05) is 29.6 Å². The molecule has 1 saturated heterocycles. The molecular weight excluding hydrogens is 198 g/mol. The van der Waals surface area contributed by atoms with Crippen LogP contribution in [0.15, 0.2) is 0 Å². The van der Waals surface area contributed by atoms with Crippen LogP contribution in [0.2, 0.25) is 0 Å². The molecular formula is C10H21NS2. The minimum Gasteiger partial charge on any atom is -0.314 e. The van der Waals surface area contributed by atoms with Gasteiger partial charge in [-0.1, -0.05) is 6.92 Å². The van der Waals surface area contributed by atoms with Crippen molar-refractivity contribution >= 4 is 23.5 Å². The Hall–Kier alpha value is 0.660. The fourth-order valence-corrected chi connectivity index (χ4v) is 3.27. The van der Waals surface area contributed by atoms with Gasteiger partial charge in [0.25, 0.3) is 0 Å². The van der Waals surface area contributed by atoms with Crippen LogP contribution in [0.1, 0.15) is 26.2 Å². The van der Waals surface area contributed by atoms with E-state index in [9.17, 15) is 0 Å². The zero-order valence-corrected chi connectivity index (χ0v) is 10.2. The highest BCUT2D eigenvalue weighted by atomic mass is 32.2. The molecule has 0 unspecified atom stereocenters. The van der Waals surface area contributed by atoms with Crippen molar-refractivity contribution in [2.45, 2.75) is 32.2 Å².